The minimum Gasteiger partial charge on any atom is -0.482 e. The van der Waals surface area contributed by atoms with Crippen molar-refractivity contribution in [2.45, 2.75) is 6.92 Å². The predicted octanol–water partition coefficient (Wildman–Crippen LogP) is 4.81. The number of ether oxygens (including phenoxy) is 1. The zero-order valence-electron chi connectivity index (χ0n) is 15.6. The fourth-order valence-electron chi connectivity index (χ4n) is 3.15. The molecule has 0 aromatic heterocycles. The molecule has 8 heteroatoms. The van der Waals surface area contributed by atoms with E-state index in [-0.39, 0.29) is 12.5 Å². The van der Waals surface area contributed by atoms with Crippen molar-refractivity contribution in [1.82, 2.24) is 4.90 Å². The highest BCUT2D eigenvalue weighted by Crippen LogP contribution is 2.34. The van der Waals surface area contributed by atoms with Crippen LogP contribution in [0.25, 0.3) is 0 Å². The molecule has 1 fully saturated rings. The molecule has 150 valence electrons. The van der Waals surface area contributed by atoms with E-state index in [2.05, 4.69) is 22.0 Å². The van der Waals surface area contributed by atoms with E-state index in [1.54, 1.807) is 18.2 Å². The van der Waals surface area contributed by atoms with Gasteiger partial charge in [-0.2, -0.15) is 0 Å². The number of rotatable bonds is 6. The molecule has 0 unspecified atom stereocenters. The molecule has 0 bridgehead atoms. The smallest absolute Gasteiger partial charge is 0.262 e. The van der Waals surface area contributed by atoms with Crippen molar-refractivity contribution in [1.29, 1.82) is 0 Å². The van der Waals surface area contributed by atoms with Crippen LogP contribution in [0.15, 0.2) is 36.4 Å². The number of piperazine rings is 1. The number of nitrogens with zero attached hydrogens (tertiary/aromatic N) is 2. The number of amides is 1. The van der Waals surface area contributed by atoms with E-state index in [4.69, 9.17) is 39.5 Å². The Morgan fingerprint density at radius 3 is 2.50 bits per heavy atom. The Morgan fingerprint density at radius 1 is 1.07 bits per heavy atom. The lowest BCUT2D eigenvalue weighted by Gasteiger charge is -2.36. The van der Waals surface area contributed by atoms with Crippen LogP contribution in [0.2, 0.25) is 15.1 Å². The first-order valence-corrected chi connectivity index (χ1v) is 10.2. The van der Waals surface area contributed by atoms with E-state index in [1.807, 2.05) is 18.2 Å². The first-order valence-electron chi connectivity index (χ1n) is 9.11. The zero-order valence-corrected chi connectivity index (χ0v) is 17.8. The van der Waals surface area contributed by atoms with Crippen LogP contribution in [0, 0.1) is 0 Å². The maximum atomic E-state index is 12.4. The number of nitrogens with one attached hydrogen (secondary N) is 1. The highest BCUT2D eigenvalue weighted by atomic mass is 35.5. The summed E-state index contributed by atoms with van der Waals surface area (Å²) in [6, 6.07) is 10.4. The summed E-state index contributed by atoms with van der Waals surface area (Å²) in [4.78, 5) is 17.0. The molecule has 3 rings (SSSR count). The van der Waals surface area contributed by atoms with Gasteiger partial charge in [0, 0.05) is 31.2 Å². The van der Waals surface area contributed by atoms with Crippen LogP contribution in [0.5, 0.6) is 5.75 Å². The molecule has 1 saturated heterocycles. The summed E-state index contributed by atoms with van der Waals surface area (Å²) in [6.45, 7) is 6.67. The molecule has 1 amide bonds. The average molecular weight is 443 g/mol. The van der Waals surface area contributed by atoms with Crippen LogP contribution >= 0.6 is 34.8 Å². The van der Waals surface area contributed by atoms with E-state index in [1.165, 1.54) is 0 Å². The van der Waals surface area contributed by atoms with Crippen LogP contribution < -0.4 is 15.0 Å². The van der Waals surface area contributed by atoms with Gasteiger partial charge in [-0.05, 0) is 36.9 Å². The van der Waals surface area contributed by atoms with Crippen molar-refractivity contribution in [2.75, 3.05) is 49.5 Å². The summed E-state index contributed by atoms with van der Waals surface area (Å²) in [7, 11) is 0. The van der Waals surface area contributed by atoms with E-state index in [0.717, 1.165) is 38.4 Å². The van der Waals surface area contributed by atoms with Gasteiger partial charge in [0.05, 0.1) is 21.4 Å². The maximum Gasteiger partial charge on any atom is 0.262 e. The van der Waals surface area contributed by atoms with Gasteiger partial charge in [0.25, 0.3) is 5.91 Å². The van der Waals surface area contributed by atoms with Gasteiger partial charge in [0.2, 0.25) is 0 Å². The number of hydrogen-bond acceptors (Lipinski definition) is 4. The number of carbonyl (C=O) groups excluding carboxylic acids is 1. The van der Waals surface area contributed by atoms with Crippen LogP contribution in [-0.4, -0.2) is 50.1 Å². The lowest BCUT2D eigenvalue weighted by molar-refractivity contribution is -0.118. The minimum atomic E-state index is -0.290. The van der Waals surface area contributed by atoms with Crippen molar-refractivity contribution in [3.8, 4) is 5.75 Å². The third kappa shape index (κ3) is 5.23. The number of para-hydroxylation sites is 1. The Labute approximate surface area is 180 Å². The molecule has 2 aromatic carbocycles. The predicted molar refractivity (Wildman–Crippen MR) is 116 cm³/mol. The van der Waals surface area contributed by atoms with Gasteiger partial charge >= 0.3 is 0 Å². The lowest BCUT2D eigenvalue weighted by atomic mass is 10.2. The Morgan fingerprint density at radius 2 is 1.82 bits per heavy atom. The molecule has 1 aliphatic rings. The van der Waals surface area contributed by atoms with Crippen molar-refractivity contribution < 1.29 is 9.53 Å². The summed E-state index contributed by atoms with van der Waals surface area (Å²) in [5.41, 5.74) is 1.52. The molecule has 1 N–H and O–H groups in total. The van der Waals surface area contributed by atoms with Gasteiger partial charge in [-0.3, -0.25) is 4.79 Å². The molecule has 28 heavy (non-hydrogen) atoms. The van der Waals surface area contributed by atoms with E-state index in [0.29, 0.717) is 26.5 Å². The normalized spacial score (nSPS) is 14.8. The zero-order chi connectivity index (χ0) is 20.1. The van der Waals surface area contributed by atoms with E-state index < -0.39 is 0 Å². The van der Waals surface area contributed by atoms with Gasteiger partial charge in [-0.25, -0.2) is 0 Å². The quantitative estimate of drug-likeness (QED) is 0.697. The van der Waals surface area contributed by atoms with Gasteiger partial charge in [-0.1, -0.05) is 47.8 Å². The van der Waals surface area contributed by atoms with Crippen molar-refractivity contribution >= 4 is 52.1 Å². The van der Waals surface area contributed by atoms with Gasteiger partial charge < -0.3 is 19.9 Å². The first-order chi connectivity index (χ1) is 13.5. The monoisotopic (exact) mass is 441 g/mol. The second-order valence-corrected chi connectivity index (χ2v) is 7.72. The maximum absolute atomic E-state index is 12.4. The topological polar surface area (TPSA) is 44.8 Å². The van der Waals surface area contributed by atoms with Crippen molar-refractivity contribution in [2.24, 2.45) is 0 Å². The molecular weight excluding hydrogens is 421 g/mol. The number of carbonyl (C=O) groups is 1. The van der Waals surface area contributed by atoms with E-state index in [9.17, 15) is 4.79 Å². The number of anilines is 2. The Kier molecular flexibility index (Phi) is 7.30. The molecule has 5 nitrogen and oxygen atoms in total. The largest absolute Gasteiger partial charge is 0.482 e. The Bertz CT molecular complexity index is 839. The highest BCUT2D eigenvalue weighted by Gasteiger charge is 2.21. The molecule has 1 heterocycles. The fraction of sp³-hybridized carbons (Fsp3) is 0.350. The summed E-state index contributed by atoms with van der Waals surface area (Å²) in [6.07, 6.45) is 0. The standard InChI is InChI=1S/C20H22Cl3N3O2/c1-2-25-8-10-26(11-9-25)20-15(22)4-3-5-17(20)24-19(27)13-28-18-7-6-14(21)12-16(18)23/h3-7,12H,2,8-11,13H2,1H3,(H,24,27). The summed E-state index contributed by atoms with van der Waals surface area (Å²) in [5.74, 6) is 0.116. The second-order valence-electron chi connectivity index (χ2n) is 6.47. The second kappa shape index (κ2) is 9.70. The highest BCUT2D eigenvalue weighted by molar-refractivity contribution is 6.35. The SMILES string of the molecule is CCN1CCN(c2c(Cl)cccc2NC(=O)COc2ccc(Cl)cc2Cl)CC1. The van der Waals surface area contributed by atoms with Gasteiger partial charge in [-0.15, -0.1) is 0 Å². The van der Waals surface area contributed by atoms with Crippen LogP contribution in [0.1, 0.15) is 6.92 Å². The van der Waals surface area contributed by atoms with Crippen molar-refractivity contribution in [3.05, 3.63) is 51.5 Å². The molecular formula is C20H22Cl3N3O2. The molecule has 2 aromatic rings. The molecule has 0 spiro atoms. The summed E-state index contributed by atoms with van der Waals surface area (Å²) >= 11 is 18.4. The fourth-order valence-corrected chi connectivity index (χ4v) is 3.90. The number of benzene rings is 2. The first kappa shape index (κ1) is 21.1. The third-order valence-electron chi connectivity index (χ3n) is 4.65. The van der Waals surface area contributed by atoms with Crippen LogP contribution in [0.4, 0.5) is 11.4 Å². The molecule has 1 aliphatic heterocycles. The number of hydrogen-bond donors (Lipinski definition) is 1. The Hall–Kier alpha value is -1.66. The van der Waals surface area contributed by atoms with Crippen molar-refractivity contribution in [3.63, 3.8) is 0 Å². The minimum absolute atomic E-state index is 0.170. The molecule has 0 atom stereocenters. The molecule has 0 aliphatic carbocycles. The number of halogens is 3. The Balaban J connectivity index is 1.66. The van der Waals surface area contributed by atoms with Crippen LogP contribution in [-0.2, 0) is 4.79 Å². The summed E-state index contributed by atoms with van der Waals surface area (Å²) < 4.78 is 5.51. The molecule has 0 saturated carbocycles. The van der Waals surface area contributed by atoms with Gasteiger partial charge in [0.1, 0.15) is 5.75 Å². The third-order valence-corrected chi connectivity index (χ3v) is 5.48. The van der Waals surface area contributed by atoms with E-state index >= 15 is 0 Å². The van der Waals surface area contributed by atoms with Gasteiger partial charge in [0.15, 0.2) is 6.61 Å². The van der Waals surface area contributed by atoms with Crippen LogP contribution in [0.3, 0.4) is 0 Å². The summed E-state index contributed by atoms with van der Waals surface area (Å²) in [5, 5.41) is 4.38. The molecule has 0 radical (unpaired) electrons. The lowest BCUT2D eigenvalue weighted by Crippen LogP contribution is -2.46. The number of likely N-dealkylation sites (N-methyl/N-ethyl adjacent to an activating group) is 1. The average Bonchev–Trinajstić information content (AvgIpc) is 2.68.